The van der Waals surface area contributed by atoms with E-state index in [9.17, 15) is 10.2 Å². The maximum atomic E-state index is 10.7. The van der Waals surface area contributed by atoms with Crippen LogP contribution in [0.4, 0.5) is 5.82 Å². The first-order valence-corrected chi connectivity index (χ1v) is 10.7. The Kier molecular flexibility index (Phi) is 6.67. The molecule has 1 aromatic carbocycles. The number of fused-ring (bicyclic) bond motifs is 1. The number of nitriles is 1. The molecule has 10 heteroatoms. The maximum Gasteiger partial charge on any atom is 0.167 e. The van der Waals surface area contributed by atoms with E-state index in [1.165, 1.54) is 12.7 Å². The molecule has 0 spiro atoms. The molecule has 0 aliphatic carbocycles. The van der Waals surface area contributed by atoms with Crippen molar-refractivity contribution in [3.8, 4) is 6.07 Å². The molecule has 4 atom stereocenters. The summed E-state index contributed by atoms with van der Waals surface area (Å²) in [6.45, 7) is 5.18. The highest BCUT2D eigenvalue weighted by atomic mass is 16.6. The molecule has 0 radical (unpaired) electrons. The minimum absolute atomic E-state index is 0.184. The van der Waals surface area contributed by atoms with Gasteiger partial charge >= 0.3 is 0 Å². The molecule has 1 fully saturated rings. The summed E-state index contributed by atoms with van der Waals surface area (Å²) in [6.07, 6.45) is 3.16. The molecule has 3 aromatic rings. The molecule has 1 aliphatic rings. The quantitative estimate of drug-likeness (QED) is 0.486. The highest BCUT2D eigenvalue weighted by Crippen LogP contribution is 2.32. The first-order chi connectivity index (χ1) is 15.9. The summed E-state index contributed by atoms with van der Waals surface area (Å²) in [5, 5.41) is 30.3. The number of aliphatic hydroxyl groups is 2. The third-order valence-electron chi connectivity index (χ3n) is 5.83. The van der Waals surface area contributed by atoms with E-state index in [4.69, 9.17) is 15.7 Å². The van der Waals surface area contributed by atoms with Gasteiger partial charge in [0.2, 0.25) is 0 Å². The molecule has 0 unspecified atom stereocenters. The van der Waals surface area contributed by atoms with Crippen LogP contribution in [0.2, 0.25) is 0 Å². The van der Waals surface area contributed by atoms with Crippen LogP contribution in [0.25, 0.3) is 17.2 Å². The molecule has 0 saturated carbocycles. The molecule has 4 N–H and O–H groups in total. The smallest absolute Gasteiger partial charge is 0.167 e. The average molecular weight is 450 g/mol. The summed E-state index contributed by atoms with van der Waals surface area (Å²) < 4.78 is 7.65. The second kappa shape index (κ2) is 9.64. The first-order valence-electron chi connectivity index (χ1n) is 10.7. The van der Waals surface area contributed by atoms with Crippen LogP contribution in [-0.2, 0) is 4.74 Å². The van der Waals surface area contributed by atoms with E-state index in [0.29, 0.717) is 29.8 Å². The second-order valence-corrected chi connectivity index (χ2v) is 8.31. The fourth-order valence-electron chi connectivity index (χ4n) is 3.89. The van der Waals surface area contributed by atoms with Gasteiger partial charge in [0.15, 0.2) is 17.7 Å². The Balaban J connectivity index is 1.45. The van der Waals surface area contributed by atoms with E-state index < -0.39 is 24.5 Å². The minimum Gasteiger partial charge on any atom is -0.387 e. The van der Waals surface area contributed by atoms with Crippen molar-refractivity contribution in [3.63, 3.8) is 0 Å². The number of nitrogens with zero attached hydrogens (tertiary/aromatic N) is 6. The monoisotopic (exact) mass is 449 g/mol. The number of imidazole rings is 1. The third-order valence-corrected chi connectivity index (χ3v) is 5.83. The van der Waals surface area contributed by atoms with Gasteiger partial charge in [0.25, 0.3) is 0 Å². The van der Waals surface area contributed by atoms with Gasteiger partial charge in [-0.2, -0.15) is 5.26 Å². The van der Waals surface area contributed by atoms with E-state index in [1.807, 2.05) is 24.3 Å². The van der Waals surface area contributed by atoms with Crippen molar-refractivity contribution < 1.29 is 14.9 Å². The molecule has 10 nitrogen and oxygen atoms in total. The molecule has 172 valence electrons. The van der Waals surface area contributed by atoms with Gasteiger partial charge < -0.3 is 20.7 Å². The molecule has 2 aromatic heterocycles. The summed E-state index contributed by atoms with van der Waals surface area (Å²) >= 11 is 0. The van der Waals surface area contributed by atoms with Gasteiger partial charge in [0.1, 0.15) is 30.2 Å². The Morgan fingerprint density at radius 1 is 1.21 bits per heavy atom. The zero-order valence-electron chi connectivity index (χ0n) is 18.5. The lowest BCUT2D eigenvalue weighted by Crippen LogP contribution is -2.42. The Labute approximate surface area is 191 Å². The largest absolute Gasteiger partial charge is 0.387 e. The lowest BCUT2D eigenvalue weighted by atomic mass is 10.1. The predicted molar refractivity (Wildman–Crippen MR) is 123 cm³/mol. The van der Waals surface area contributed by atoms with Crippen molar-refractivity contribution in [2.45, 2.75) is 44.4 Å². The van der Waals surface area contributed by atoms with Crippen molar-refractivity contribution in [2.24, 2.45) is 0 Å². The Morgan fingerprint density at radius 3 is 2.67 bits per heavy atom. The molecular weight excluding hydrogens is 422 g/mol. The van der Waals surface area contributed by atoms with Crippen LogP contribution in [0.1, 0.15) is 31.2 Å². The zero-order valence-corrected chi connectivity index (χ0v) is 18.5. The molecule has 1 aliphatic heterocycles. The number of benzene rings is 1. The van der Waals surface area contributed by atoms with Crippen molar-refractivity contribution >= 4 is 23.1 Å². The highest BCUT2D eigenvalue weighted by Gasteiger charge is 2.45. The zero-order chi connectivity index (χ0) is 23.5. The minimum atomic E-state index is -1.15. The van der Waals surface area contributed by atoms with Crippen LogP contribution in [0.5, 0.6) is 0 Å². The molecule has 4 rings (SSSR count). The number of anilines is 1. The molecule has 0 bridgehead atoms. The number of ether oxygens (including phenoxy) is 1. The fraction of sp³-hybridized carbons (Fsp3) is 0.391. The molecular formula is C23H27N7O3. The van der Waals surface area contributed by atoms with Gasteiger partial charge in [-0.25, -0.2) is 15.0 Å². The standard InChI is InChI=1S/C23H27N7O3/c1-14(2)29(9-3-4-15-5-7-16(10-24)8-6-15)11-17-19(31)20(32)23(33-17)30-13-28-18-21(25)26-12-27-22(18)30/h3-8,12-14,17,19-20,23,31-32H,9,11H2,1-2H3,(H2,25,26,27)/b4-3+/t17-,19-,20-,23-/m1/s1. The SMILES string of the molecule is CC(C)N(C/C=C/c1ccc(C#N)cc1)C[C@H]1O[C@@H](n2cnc3c(N)ncnc32)[C@H](O)[C@@H]1O. The lowest BCUT2D eigenvalue weighted by Gasteiger charge is -2.29. The Hall–Kier alpha value is -3.36. The number of hydrogen-bond donors (Lipinski definition) is 3. The van der Waals surface area contributed by atoms with Crippen LogP contribution in [0.3, 0.4) is 0 Å². The summed E-state index contributed by atoms with van der Waals surface area (Å²) in [7, 11) is 0. The number of aromatic nitrogens is 4. The van der Waals surface area contributed by atoms with Gasteiger partial charge in [-0.1, -0.05) is 24.3 Å². The number of aliphatic hydroxyl groups excluding tert-OH is 2. The summed E-state index contributed by atoms with van der Waals surface area (Å²) in [5.41, 5.74) is 8.33. The highest BCUT2D eigenvalue weighted by molar-refractivity contribution is 5.81. The number of nitrogen functional groups attached to an aromatic ring is 1. The summed E-state index contributed by atoms with van der Waals surface area (Å²) in [4.78, 5) is 14.5. The van der Waals surface area contributed by atoms with Crippen LogP contribution in [0, 0.1) is 11.3 Å². The van der Waals surface area contributed by atoms with E-state index >= 15 is 0 Å². The number of hydrogen-bond acceptors (Lipinski definition) is 9. The predicted octanol–water partition coefficient (Wildman–Crippen LogP) is 1.32. The van der Waals surface area contributed by atoms with Crippen molar-refractivity contribution in [1.29, 1.82) is 5.26 Å². The van der Waals surface area contributed by atoms with Gasteiger partial charge in [0, 0.05) is 19.1 Å². The van der Waals surface area contributed by atoms with Gasteiger partial charge in [-0.3, -0.25) is 9.47 Å². The van der Waals surface area contributed by atoms with E-state index in [-0.39, 0.29) is 11.9 Å². The Morgan fingerprint density at radius 2 is 1.97 bits per heavy atom. The third kappa shape index (κ3) is 4.72. The Bertz CT molecular complexity index is 1170. The van der Waals surface area contributed by atoms with Crippen molar-refractivity contribution in [1.82, 2.24) is 24.4 Å². The second-order valence-electron chi connectivity index (χ2n) is 8.31. The number of rotatable bonds is 7. The molecule has 1 saturated heterocycles. The van der Waals surface area contributed by atoms with Crippen molar-refractivity contribution in [2.75, 3.05) is 18.8 Å². The lowest BCUT2D eigenvalue weighted by molar-refractivity contribution is -0.0456. The van der Waals surface area contributed by atoms with Gasteiger partial charge in [-0.15, -0.1) is 0 Å². The fourth-order valence-corrected chi connectivity index (χ4v) is 3.89. The topological polar surface area (TPSA) is 146 Å². The van der Waals surface area contributed by atoms with Crippen LogP contribution < -0.4 is 5.73 Å². The maximum absolute atomic E-state index is 10.7. The van der Waals surface area contributed by atoms with Gasteiger partial charge in [0.05, 0.1) is 18.0 Å². The van der Waals surface area contributed by atoms with E-state index in [1.54, 1.807) is 16.7 Å². The average Bonchev–Trinajstić information content (AvgIpc) is 3.36. The summed E-state index contributed by atoms with van der Waals surface area (Å²) in [6, 6.07) is 9.64. The molecule has 33 heavy (non-hydrogen) atoms. The first kappa shape index (κ1) is 22.8. The van der Waals surface area contributed by atoms with Crippen LogP contribution in [0.15, 0.2) is 43.0 Å². The van der Waals surface area contributed by atoms with Crippen LogP contribution >= 0.6 is 0 Å². The van der Waals surface area contributed by atoms with E-state index in [0.717, 1.165) is 5.56 Å². The summed E-state index contributed by atoms with van der Waals surface area (Å²) in [5.74, 6) is 0.239. The normalized spacial score (nSPS) is 23.2. The molecule has 3 heterocycles. The number of nitrogens with two attached hydrogens (primary N) is 1. The molecule has 0 amide bonds. The van der Waals surface area contributed by atoms with Gasteiger partial charge in [-0.05, 0) is 31.5 Å². The van der Waals surface area contributed by atoms with Crippen LogP contribution in [-0.4, -0.2) is 72.1 Å². The van der Waals surface area contributed by atoms with Crippen molar-refractivity contribution in [3.05, 3.63) is 54.1 Å². The van der Waals surface area contributed by atoms with E-state index in [2.05, 4.69) is 39.8 Å².